The quantitative estimate of drug-likeness (QED) is 0.235. The molecule has 1 rings (SSSR count). The van der Waals surface area contributed by atoms with Crippen LogP contribution in [0.4, 0.5) is 0 Å². The molecule has 1 heterocycles. The Morgan fingerprint density at radius 3 is 1.50 bits per heavy atom. The molecule has 0 aromatic carbocycles. The van der Waals surface area contributed by atoms with Crippen LogP contribution in [0.1, 0.15) is 0 Å². The number of hydrogen-bond donors (Lipinski definition) is 3. The number of ether oxygens (including phenoxy) is 1. The van der Waals surface area contributed by atoms with Crippen LogP contribution >= 0.6 is 12.4 Å². The molecule has 1 fully saturated rings. The van der Waals surface area contributed by atoms with Gasteiger partial charge >= 0.3 is 0 Å². The fraction of sp³-hybridized carbons (Fsp3) is 0.667. The molecule has 0 aliphatic carbocycles. The molecule has 0 atom stereocenters. The van der Waals surface area contributed by atoms with Gasteiger partial charge in [0.25, 0.3) is 0 Å². The lowest BCUT2D eigenvalue weighted by Crippen LogP contribution is -2.20. The Kier molecular flexibility index (Phi) is 8.55. The number of nitrogens with two attached hydrogens (primary N) is 2. The number of epoxide rings is 1. The normalized spacial score (nSPS) is 12.0. The summed E-state index contributed by atoms with van der Waals surface area (Å²) < 4.78 is 4.50. The number of hydrogen-bond acceptors (Lipinski definition) is 2. The minimum absolute atomic E-state index is 0. The van der Waals surface area contributed by atoms with E-state index in [-0.39, 0.29) is 18.4 Å². The Hall–Kier alpha value is -0.480. The van der Waals surface area contributed by atoms with Crippen molar-refractivity contribution in [2.45, 2.75) is 0 Å². The highest BCUT2D eigenvalue weighted by Gasteiger charge is 1.94. The summed E-state index contributed by atoms with van der Waals surface area (Å²) in [6.45, 7) is 2.00. The molecular formula is C3H10ClN3O. The fourth-order valence-corrected chi connectivity index (χ4v) is 0. The van der Waals surface area contributed by atoms with Crippen LogP contribution in [-0.4, -0.2) is 19.2 Å². The minimum Gasteiger partial charge on any atom is -0.377 e. The summed E-state index contributed by atoms with van der Waals surface area (Å²) in [4.78, 5) is 0. The van der Waals surface area contributed by atoms with E-state index in [0.717, 1.165) is 13.2 Å². The highest BCUT2D eigenvalue weighted by Crippen LogP contribution is 1.84. The van der Waals surface area contributed by atoms with Crippen LogP contribution in [0.15, 0.2) is 0 Å². The first-order valence-electron chi connectivity index (χ1n) is 1.90. The van der Waals surface area contributed by atoms with E-state index in [2.05, 4.69) is 16.2 Å². The van der Waals surface area contributed by atoms with Gasteiger partial charge in [0.1, 0.15) is 0 Å². The second-order valence-corrected chi connectivity index (χ2v) is 1.07. The zero-order valence-electron chi connectivity index (χ0n) is 4.39. The maximum absolute atomic E-state index is 6.06. The van der Waals surface area contributed by atoms with Gasteiger partial charge in [0, 0.05) is 0 Å². The van der Waals surface area contributed by atoms with Gasteiger partial charge in [-0.3, -0.25) is 5.41 Å². The van der Waals surface area contributed by atoms with Crippen molar-refractivity contribution in [1.29, 1.82) is 5.41 Å². The predicted octanol–water partition coefficient (Wildman–Crippen LogP) is -0.723. The number of nitrogens with one attached hydrogen (secondary N) is 1. The van der Waals surface area contributed by atoms with Gasteiger partial charge in [-0.15, -0.1) is 12.4 Å². The molecule has 1 saturated heterocycles. The van der Waals surface area contributed by atoms with Gasteiger partial charge in [0.05, 0.1) is 13.2 Å². The van der Waals surface area contributed by atoms with Crippen LogP contribution in [0.25, 0.3) is 0 Å². The Labute approximate surface area is 54.1 Å². The molecule has 4 nitrogen and oxygen atoms in total. The molecule has 0 saturated carbocycles. The number of halogens is 1. The van der Waals surface area contributed by atoms with E-state index < -0.39 is 0 Å². The van der Waals surface area contributed by atoms with E-state index in [1.807, 2.05) is 0 Å². The summed E-state index contributed by atoms with van der Waals surface area (Å²) >= 11 is 0. The molecule has 5 N–H and O–H groups in total. The van der Waals surface area contributed by atoms with Gasteiger partial charge in [0.15, 0.2) is 5.96 Å². The first-order chi connectivity index (χ1) is 3.23. The van der Waals surface area contributed by atoms with Crippen molar-refractivity contribution in [1.82, 2.24) is 0 Å². The Morgan fingerprint density at radius 2 is 1.50 bits per heavy atom. The van der Waals surface area contributed by atoms with Crippen molar-refractivity contribution in [2.24, 2.45) is 11.5 Å². The molecule has 5 heteroatoms. The highest BCUT2D eigenvalue weighted by molar-refractivity contribution is 5.85. The van der Waals surface area contributed by atoms with E-state index in [0.29, 0.717) is 0 Å². The van der Waals surface area contributed by atoms with Gasteiger partial charge in [0.2, 0.25) is 0 Å². The predicted molar refractivity (Wildman–Crippen MR) is 34.2 cm³/mol. The van der Waals surface area contributed by atoms with E-state index in [1.54, 1.807) is 0 Å². The van der Waals surface area contributed by atoms with Crippen molar-refractivity contribution in [3.63, 3.8) is 0 Å². The standard InChI is InChI=1S/C2H4O.CH5N3.ClH/c1-2-3-1;2-1(3)4;/h1-2H2;(H5,2,3,4);1H. The molecule has 0 bridgehead atoms. The van der Waals surface area contributed by atoms with Crippen LogP contribution in [0.2, 0.25) is 0 Å². The summed E-state index contributed by atoms with van der Waals surface area (Å²) in [5, 5.41) is 6.06. The Balaban J connectivity index is 0. The van der Waals surface area contributed by atoms with Crippen LogP contribution in [0.3, 0.4) is 0 Å². The van der Waals surface area contributed by atoms with E-state index in [1.165, 1.54) is 0 Å². The third-order valence-corrected chi connectivity index (χ3v) is 0.204. The summed E-state index contributed by atoms with van der Waals surface area (Å²) in [6, 6.07) is 0. The summed E-state index contributed by atoms with van der Waals surface area (Å²) in [6.07, 6.45) is 0. The molecule has 0 aromatic rings. The molecule has 50 valence electrons. The average molecular weight is 140 g/mol. The smallest absolute Gasteiger partial charge is 0.183 e. The minimum atomic E-state index is -0.333. The average Bonchev–Trinajstić information content (AvgIpc) is 2.02. The lowest BCUT2D eigenvalue weighted by Gasteiger charge is -1.69. The molecule has 1 aliphatic rings. The van der Waals surface area contributed by atoms with Crippen LogP contribution in [0.5, 0.6) is 0 Å². The molecule has 0 spiro atoms. The maximum atomic E-state index is 6.06. The fourth-order valence-electron chi connectivity index (χ4n) is 0. The van der Waals surface area contributed by atoms with Crippen molar-refractivity contribution in [2.75, 3.05) is 13.2 Å². The number of rotatable bonds is 0. The van der Waals surface area contributed by atoms with E-state index >= 15 is 0 Å². The second-order valence-electron chi connectivity index (χ2n) is 1.07. The zero-order valence-corrected chi connectivity index (χ0v) is 5.20. The summed E-state index contributed by atoms with van der Waals surface area (Å²) in [7, 11) is 0. The maximum Gasteiger partial charge on any atom is 0.183 e. The second kappa shape index (κ2) is 6.52. The molecular weight excluding hydrogens is 130 g/mol. The Morgan fingerprint density at radius 1 is 1.38 bits per heavy atom. The van der Waals surface area contributed by atoms with Crippen LogP contribution in [0, 0.1) is 5.41 Å². The summed E-state index contributed by atoms with van der Waals surface area (Å²) in [5.74, 6) is -0.333. The molecule has 0 radical (unpaired) electrons. The largest absolute Gasteiger partial charge is 0.377 e. The van der Waals surface area contributed by atoms with E-state index in [9.17, 15) is 0 Å². The lowest BCUT2D eigenvalue weighted by molar-refractivity contribution is 0.475. The van der Waals surface area contributed by atoms with Gasteiger partial charge in [-0.25, -0.2) is 0 Å². The van der Waals surface area contributed by atoms with Gasteiger partial charge in [-0.1, -0.05) is 0 Å². The number of guanidine groups is 1. The molecule has 0 unspecified atom stereocenters. The monoisotopic (exact) mass is 139 g/mol. The first-order valence-corrected chi connectivity index (χ1v) is 1.90. The third kappa shape index (κ3) is 417. The lowest BCUT2D eigenvalue weighted by atomic mass is 11.0. The molecule has 8 heavy (non-hydrogen) atoms. The molecule has 0 aromatic heterocycles. The highest BCUT2D eigenvalue weighted by atomic mass is 35.5. The van der Waals surface area contributed by atoms with Crippen molar-refractivity contribution < 1.29 is 4.74 Å². The van der Waals surface area contributed by atoms with Gasteiger partial charge in [-0.05, 0) is 0 Å². The Bertz CT molecular complexity index is 58.8. The zero-order chi connectivity index (χ0) is 5.70. The van der Waals surface area contributed by atoms with Gasteiger partial charge in [-0.2, -0.15) is 0 Å². The first kappa shape index (κ1) is 10.5. The van der Waals surface area contributed by atoms with Crippen LogP contribution < -0.4 is 11.5 Å². The molecule has 0 amide bonds. The van der Waals surface area contributed by atoms with E-state index in [4.69, 9.17) is 5.41 Å². The third-order valence-electron chi connectivity index (χ3n) is 0.204. The summed E-state index contributed by atoms with van der Waals surface area (Å²) in [5.41, 5.74) is 8.94. The van der Waals surface area contributed by atoms with Crippen LogP contribution in [-0.2, 0) is 4.74 Å². The van der Waals surface area contributed by atoms with Crippen molar-refractivity contribution >= 4 is 18.4 Å². The van der Waals surface area contributed by atoms with Gasteiger partial charge < -0.3 is 16.2 Å². The topological polar surface area (TPSA) is 88.4 Å². The SMILES string of the molecule is C1CO1.Cl.N=C(N)N. The van der Waals surface area contributed by atoms with Crippen molar-refractivity contribution in [3.8, 4) is 0 Å². The molecule has 1 aliphatic heterocycles. The van der Waals surface area contributed by atoms with Crippen molar-refractivity contribution in [3.05, 3.63) is 0 Å².